The van der Waals surface area contributed by atoms with Crippen LogP contribution in [0.25, 0.3) is 0 Å². The van der Waals surface area contributed by atoms with Crippen molar-refractivity contribution >= 4 is 5.82 Å². The third kappa shape index (κ3) is 2.39. The molecule has 106 valence electrons. The molecular weight excluding hydrogens is 234 g/mol. The van der Waals surface area contributed by atoms with Crippen LogP contribution in [0.15, 0.2) is 0 Å². The predicted molar refractivity (Wildman–Crippen MR) is 79.2 cm³/mol. The van der Waals surface area contributed by atoms with Gasteiger partial charge in [0.1, 0.15) is 11.6 Å². The largest absolute Gasteiger partial charge is 0.384 e. The third-order valence-electron chi connectivity index (χ3n) is 5.25. The maximum atomic E-state index is 6.35. The first-order chi connectivity index (χ1) is 9.16. The molecule has 3 rings (SSSR count). The lowest BCUT2D eigenvalue weighted by Gasteiger charge is -2.25. The van der Waals surface area contributed by atoms with Gasteiger partial charge in [-0.1, -0.05) is 32.6 Å². The number of anilines is 1. The van der Waals surface area contributed by atoms with E-state index < -0.39 is 0 Å². The Bertz CT molecular complexity index is 443. The van der Waals surface area contributed by atoms with Crippen molar-refractivity contribution in [2.75, 3.05) is 5.73 Å². The van der Waals surface area contributed by atoms with Crippen LogP contribution in [0.1, 0.15) is 81.6 Å². The lowest BCUT2D eigenvalue weighted by molar-refractivity contribution is 0.341. The molecular formula is C16H27N3. The molecule has 19 heavy (non-hydrogen) atoms. The third-order valence-corrected chi connectivity index (χ3v) is 5.25. The highest BCUT2D eigenvalue weighted by atomic mass is 15.1. The molecule has 0 aliphatic heterocycles. The quantitative estimate of drug-likeness (QED) is 0.876. The number of hydrogen-bond donors (Lipinski definition) is 1. The lowest BCUT2D eigenvalue weighted by atomic mass is 9.81. The number of nitrogen functional groups attached to an aromatic ring is 1. The predicted octanol–water partition coefficient (Wildman–Crippen LogP) is 3.95. The molecule has 0 saturated heterocycles. The first-order valence-corrected chi connectivity index (χ1v) is 7.98. The van der Waals surface area contributed by atoms with Crippen LogP contribution in [-0.4, -0.2) is 9.55 Å². The molecule has 2 aliphatic carbocycles. The monoisotopic (exact) mass is 261 g/mol. The van der Waals surface area contributed by atoms with Gasteiger partial charge in [-0.05, 0) is 31.6 Å². The molecule has 2 atom stereocenters. The molecule has 1 aromatic rings. The maximum Gasteiger partial charge on any atom is 0.126 e. The van der Waals surface area contributed by atoms with Crippen LogP contribution in [-0.2, 0) is 7.05 Å². The van der Waals surface area contributed by atoms with Gasteiger partial charge in [0.25, 0.3) is 0 Å². The van der Waals surface area contributed by atoms with E-state index in [1.165, 1.54) is 62.9 Å². The van der Waals surface area contributed by atoms with Gasteiger partial charge in [0.15, 0.2) is 0 Å². The fraction of sp³-hybridized carbons (Fsp3) is 0.812. The van der Waals surface area contributed by atoms with E-state index in [1.807, 2.05) is 0 Å². The molecule has 1 heterocycles. The molecule has 3 nitrogen and oxygen atoms in total. The molecule has 0 spiro atoms. The summed E-state index contributed by atoms with van der Waals surface area (Å²) in [6.07, 6.45) is 10.6. The van der Waals surface area contributed by atoms with E-state index in [0.29, 0.717) is 11.8 Å². The summed E-state index contributed by atoms with van der Waals surface area (Å²) >= 11 is 0. The number of imidazole rings is 1. The standard InChI is InChI=1S/C16H27N3/c1-11-6-5-9-13(10-11)14-15(17)19(2)16(18-14)12-7-3-4-8-12/h11-13H,3-10,17H2,1-2H3. The van der Waals surface area contributed by atoms with Gasteiger partial charge in [0.05, 0.1) is 5.69 Å². The molecule has 2 N–H and O–H groups in total. The summed E-state index contributed by atoms with van der Waals surface area (Å²) in [5.41, 5.74) is 7.55. The first-order valence-electron chi connectivity index (χ1n) is 7.98. The van der Waals surface area contributed by atoms with Crippen LogP contribution >= 0.6 is 0 Å². The Hall–Kier alpha value is -0.990. The van der Waals surface area contributed by atoms with E-state index in [2.05, 4.69) is 18.5 Å². The number of hydrogen-bond acceptors (Lipinski definition) is 2. The molecule has 2 saturated carbocycles. The van der Waals surface area contributed by atoms with Gasteiger partial charge >= 0.3 is 0 Å². The normalized spacial score (nSPS) is 28.9. The minimum atomic E-state index is 0.602. The topological polar surface area (TPSA) is 43.8 Å². The van der Waals surface area contributed by atoms with Gasteiger partial charge in [-0.3, -0.25) is 0 Å². The highest BCUT2D eigenvalue weighted by Gasteiger charge is 2.29. The Balaban J connectivity index is 1.87. The number of aromatic nitrogens is 2. The van der Waals surface area contributed by atoms with Crippen molar-refractivity contribution in [3.05, 3.63) is 11.5 Å². The van der Waals surface area contributed by atoms with Gasteiger partial charge in [0, 0.05) is 18.9 Å². The summed E-state index contributed by atoms with van der Waals surface area (Å²) in [5, 5.41) is 0. The van der Waals surface area contributed by atoms with Gasteiger partial charge in [0.2, 0.25) is 0 Å². The molecule has 0 amide bonds. The van der Waals surface area contributed by atoms with Crippen molar-refractivity contribution in [2.24, 2.45) is 13.0 Å². The van der Waals surface area contributed by atoms with Crippen LogP contribution < -0.4 is 5.73 Å². The van der Waals surface area contributed by atoms with E-state index in [0.717, 1.165) is 11.7 Å². The van der Waals surface area contributed by atoms with E-state index >= 15 is 0 Å². The fourth-order valence-corrected chi connectivity index (χ4v) is 4.08. The number of nitrogens with zero attached hydrogens (tertiary/aromatic N) is 2. The van der Waals surface area contributed by atoms with Crippen molar-refractivity contribution in [3.63, 3.8) is 0 Å². The fourth-order valence-electron chi connectivity index (χ4n) is 4.08. The first kappa shape index (κ1) is 13.0. The average Bonchev–Trinajstić information content (AvgIpc) is 3.00. The Labute approximate surface area is 116 Å². The Morgan fingerprint density at radius 1 is 1.05 bits per heavy atom. The van der Waals surface area contributed by atoms with E-state index in [4.69, 9.17) is 10.7 Å². The molecule has 2 aliphatic rings. The highest BCUT2D eigenvalue weighted by molar-refractivity contribution is 5.41. The SMILES string of the molecule is CC1CCCC(c2nc(C3CCCC3)n(C)c2N)C1. The molecule has 1 aromatic heterocycles. The maximum absolute atomic E-state index is 6.35. The smallest absolute Gasteiger partial charge is 0.126 e. The highest BCUT2D eigenvalue weighted by Crippen LogP contribution is 2.40. The van der Waals surface area contributed by atoms with Crippen molar-refractivity contribution in [1.29, 1.82) is 0 Å². The zero-order valence-electron chi connectivity index (χ0n) is 12.4. The second kappa shape index (κ2) is 5.18. The minimum Gasteiger partial charge on any atom is -0.384 e. The zero-order chi connectivity index (χ0) is 13.4. The molecule has 0 aromatic carbocycles. The number of rotatable bonds is 2. The van der Waals surface area contributed by atoms with Crippen molar-refractivity contribution in [1.82, 2.24) is 9.55 Å². The molecule has 2 unspecified atom stereocenters. The average molecular weight is 261 g/mol. The van der Waals surface area contributed by atoms with E-state index in [9.17, 15) is 0 Å². The Kier molecular flexibility index (Phi) is 3.55. The van der Waals surface area contributed by atoms with Crippen LogP contribution in [0.4, 0.5) is 5.82 Å². The summed E-state index contributed by atoms with van der Waals surface area (Å²) in [6.45, 7) is 2.36. The Morgan fingerprint density at radius 2 is 1.74 bits per heavy atom. The van der Waals surface area contributed by atoms with Crippen LogP contribution in [0.2, 0.25) is 0 Å². The second-order valence-electron chi connectivity index (χ2n) is 6.75. The van der Waals surface area contributed by atoms with Gasteiger partial charge in [-0.2, -0.15) is 0 Å². The zero-order valence-corrected chi connectivity index (χ0v) is 12.4. The van der Waals surface area contributed by atoms with Crippen molar-refractivity contribution in [2.45, 2.75) is 70.1 Å². The van der Waals surface area contributed by atoms with E-state index in [-0.39, 0.29) is 0 Å². The van der Waals surface area contributed by atoms with Crippen molar-refractivity contribution < 1.29 is 0 Å². The summed E-state index contributed by atoms with van der Waals surface area (Å²) in [4.78, 5) is 4.99. The summed E-state index contributed by atoms with van der Waals surface area (Å²) in [6, 6.07) is 0. The van der Waals surface area contributed by atoms with E-state index in [1.54, 1.807) is 0 Å². The van der Waals surface area contributed by atoms with Gasteiger partial charge in [-0.15, -0.1) is 0 Å². The van der Waals surface area contributed by atoms with Crippen LogP contribution in [0.3, 0.4) is 0 Å². The molecule has 2 fully saturated rings. The minimum absolute atomic E-state index is 0.602. The summed E-state index contributed by atoms with van der Waals surface area (Å²) in [7, 11) is 2.10. The summed E-state index contributed by atoms with van der Waals surface area (Å²) < 4.78 is 2.17. The Morgan fingerprint density at radius 3 is 2.42 bits per heavy atom. The van der Waals surface area contributed by atoms with Crippen molar-refractivity contribution in [3.8, 4) is 0 Å². The number of nitrogens with two attached hydrogens (primary N) is 1. The molecule has 0 radical (unpaired) electrons. The lowest BCUT2D eigenvalue weighted by Crippen LogP contribution is -2.13. The molecule has 0 bridgehead atoms. The van der Waals surface area contributed by atoms with Gasteiger partial charge < -0.3 is 10.3 Å². The second-order valence-corrected chi connectivity index (χ2v) is 6.75. The van der Waals surface area contributed by atoms with Gasteiger partial charge in [-0.25, -0.2) is 4.98 Å². The van der Waals surface area contributed by atoms with Crippen LogP contribution in [0, 0.1) is 5.92 Å². The van der Waals surface area contributed by atoms with Crippen LogP contribution in [0.5, 0.6) is 0 Å². The molecule has 3 heteroatoms. The summed E-state index contributed by atoms with van der Waals surface area (Å²) in [5.74, 6) is 4.27.